The molecular weight excluding hydrogens is 320 g/mol. The van der Waals surface area contributed by atoms with Gasteiger partial charge in [-0.1, -0.05) is 22.9 Å². The van der Waals surface area contributed by atoms with Crippen molar-refractivity contribution in [2.24, 2.45) is 0 Å². The van der Waals surface area contributed by atoms with Gasteiger partial charge in [0, 0.05) is 25.6 Å². The number of carbonyl (C=O) groups excluding carboxylic acids is 2. The minimum atomic E-state index is -0.729. The molecule has 1 atom stereocenters. The first-order valence-corrected chi connectivity index (χ1v) is 8.26. The van der Waals surface area contributed by atoms with Gasteiger partial charge in [0.1, 0.15) is 0 Å². The molecule has 0 bridgehead atoms. The molecule has 7 nitrogen and oxygen atoms in total. The second kappa shape index (κ2) is 6.31. The summed E-state index contributed by atoms with van der Waals surface area (Å²) in [5, 5.41) is 6.78. The summed E-state index contributed by atoms with van der Waals surface area (Å²) < 4.78 is 5.38. The molecule has 0 aliphatic carbocycles. The number of aryl methyl sites for hydroxylation is 1. The maximum absolute atomic E-state index is 12.4. The Labute approximate surface area is 146 Å². The van der Waals surface area contributed by atoms with Crippen LogP contribution in [-0.4, -0.2) is 28.5 Å². The van der Waals surface area contributed by atoms with Crippen molar-refractivity contribution in [3.63, 3.8) is 0 Å². The molecule has 2 heterocycles. The highest BCUT2D eigenvalue weighted by Gasteiger charge is 2.36. The molecule has 1 aliphatic rings. The molecule has 0 spiro atoms. The van der Waals surface area contributed by atoms with E-state index >= 15 is 0 Å². The average molecular weight is 342 g/mol. The van der Waals surface area contributed by atoms with Gasteiger partial charge in [-0.05, 0) is 32.9 Å². The van der Waals surface area contributed by atoms with Crippen LogP contribution >= 0.6 is 0 Å². The summed E-state index contributed by atoms with van der Waals surface area (Å²) in [6.07, 6.45) is 0.329. The predicted molar refractivity (Wildman–Crippen MR) is 92.0 cm³/mol. The first-order valence-electron chi connectivity index (χ1n) is 8.26. The molecule has 2 aromatic rings. The van der Waals surface area contributed by atoms with Crippen LogP contribution in [0.3, 0.4) is 0 Å². The Morgan fingerprint density at radius 2 is 2.00 bits per heavy atom. The summed E-state index contributed by atoms with van der Waals surface area (Å²) in [6, 6.07) is 7.84. The number of benzene rings is 1. The van der Waals surface area contributed by atoms with Gasteiger partial charge in [-0.25, -0.2) is 0 Å². The van der Waals surface area contributed by atoms with Crippen LogP contribution in [0.25, 0.3) is 0 Å². The van der Waals surface area contributed by atoms with Gasteiger partial charge in [-0.3, -0.25) is 9.59 Å². The minimum absolute atomic E-state index is 0.0368. The van der Waals surface area contributed by atoms with E-state index in [1.807, 2.05) is 31.2 Å². The minimum Gasteiger partial charge on any atom is -0.344 e. The van der Waals surface area contributed by atoms with Gasteiger partial charge in [-0.2, -0.15) is 4.98 Å². The van der Waals surface area contributed by atoms with Gasteiger partial charge in [-0.15, -0.1) is 0 Å². The van der Waals surface area contributed by atoms with Crippen molar-refractivity contribution in [1.82, 2.24) is 15.5 Å². The van der Waals surface area contributed by atoms with Crippen molar-refractivity contribution >= 4 is 17.5 Å². The van der Waals surface area contributed by atoms with Crippen LogP contribution in [0.2, 0.25) is 0 Å². The topological polar surface area (TPSA) is 88.3 Å². The number of nitrogens with zero attached hydrogens (tertiary/aromatic N) is 3. The summed E-state index contributed by atoms with van der Waals surface area (Å²) in [7, 11) is 0. The lowest BCUT2D eigenvalue weighted by Gasteiger charge is -2.21. The number of hydrogen-bond donors (Lipinski definition) is 1. The van der Waals surface area contributed by atoms with Gasteiger partial charge in [0.05, 0.1) is 11.5 Å². The molecule has 2 amide bonds. The molecule has 7 heteroatoms. The molecule has 1 fully saturated rings. The molecule has 1 aromatic carbocycles. The van der Waals surface area contributed by atoms with Gasteiger partial charge >= 0.3 is 0 Å². The molecule has 25 heavy (non-hydrogen) atoms. The third kappa shape index (κ3) is 3.55. The van der Waals surface area contributed by atoms with E-state index in [-0.39, 0.29) is 17.7 Å². The summed E-state index contributed by atoms with van der Waals surface area (Å²) in [6.45, 7) is 7.57. The zero-order valence-electron chi connectivity index (χ0n) is 14.9. The molecule has 1 saturated heterocycles. The van der Waals surface area contributed by atoms with Crippen molar-refractivity contribution in [2.45, 2.75) is 45.6 Å². The fourth-order valence-corrected chi connectivity index (χ4v) is 3.00. The number of carbonyl (C=O) groups is 2. The number of rotatable bonds is 4. The lowest BCUT2D eigenvalue weighted by molar-refractivity contribution is -0.120. The molecule has 0 radical (unpaired) electrons. The Kier molecular flexibility index (Phi) is 4.32. The van der Waals surface area contributed by atoms with Crippen molar-refractivity contribution in [2.75, 3.05) is 11.4 Å². The molecule has 3 rings (SSSR count). The van der Waals surface area contributed by atoms with E-state index in [0.717, 1.165) is 11.3 Å². The van der Waals surface area contributed by atoms with Crippen LogP contribution in [0.15, 0.2) is 28.8 Å². The predicted octanol–water partition coefficient (Wildman–Crippen LogP) is 2.27. The van der Waals surface area contributed by atoms with Crippen LogP contribution in [0.1, 0.15) is 50.4 Å². The summed E-state index contributed by atoms with van der Waals surface area (Å²) in [4.78, 5) is 29.9. The number of anilines is 1. The van der Waals surface area contributed by atoms with E-state index in [9.17, 15) is 9.59 Å². The highest BCUT2D eigenvalue weighted by molar-refractivity contribution is 5.96. The Bertz CT molecular complexity index is 795. The van der Waals surface area contributed by atoms with Gasteiger partial charge in [0.25, 0.3) is 0 Å². The molecular formula is C18H22N4O3. The standard InChI is InChI=1S/C18H22N4O3/c1-11-5-7-14(8-6-11)22-10-13(9-15(22)24)16-19-17(21-25-16)18(3,4)20-12(2)23/h5-8,13H,9-10H2,1-4H3,(H,20,23). The smallest absolute Gasteiger partial charge is 0.232 e. The van der Waals surface area contributed by atoms with E-state index in [2.05, 4.69) is 15.5 Å². The van der Waals surface area contributed by atoms with Crippen molar-refractivity contribution in [3.8, 4) is 0 Å². The maximum atomic E-state index is 12.4. The van der Waals surface area contributed by atoms with E-state index in [1.165, 1.54) is 6.92 Å². The quantitative estimate of drug-likeness (QED) is 0.921. The largest absolute Gasteiger partial charge is 0.344 e. The van der Waals surface area contributed by atoms with Crippen LogP contribution in [0, 0.1) is 6.92 Å². The maximum Gasteiger partial charge on any atom is 0.232 e. The highest BCUT2D eigenvalue weighted by Crippen LogP contribution is 2.32. The Balaban J connectivity index is 1.77. The summed E-state index contributed by atoms with van der Waals surface area (Å²) >= 11 is 0. The third-order valence-corrected chi connectivity index (χ3v) is 4.31. The number of aromatic nitrogens is 2. The monoisotopic (exact) mass is 342 g/mol. The fraction of sp³-hybridized carbons (Fsp3) is 0.444. The zero-order chi connectivity index (χ0) is 18.2. The van der Waals surface area contributed by atoms with Gasteiger partial charge in [0.2, 0.25) is 17.7 Å². The molecule has 1 unspecified atom stereocenters. The number of nitrogens with one attached hydrogen (secondary N) is 1. The van der Waals surface area contributed by atoms with Gasteiger partial charge < -0.3 is 14.7 Å². The van der Waals surface area contributed by atoms with Crippen LogP contribution in [-0.2, 0) is 15.1 Å². The second-order valence-corrected chi connectivity index (χ2v) is 7.00. The third-order valence-electron chi connectivity index (χ3n) is 4.31. The van der Waals surface area contributed by atoms with Crippen LogP contribution in [0.5, 0.6) is 0 Å². The van der Waals surface area contributed by atoms with E-state index < -0.39 is 5.54 Å². The Morgan fingerprint density at radius 3 is 2.64 bits per heavy atom. The van der Waals surface area contributed by atoms with Crippen molar-refractivity contribution in [3.05, 3.63) is 41.5 Å². The van der Waals surface area contributed by atoms with E-state index in [1.54, 1.807) is 18.7 Å². The Morgan fingerprint density at radius 1 is 1.32 bits per heavy atom. The molecule has 1 aliphatic heterocycles. The SMILES string of the molecule is CC(=O)NC(C)(C)c1noc(C2CC(=O)N(c3ccc(C)cc3)C2)n1. The summed E-state index contributed by atoms with van der Waals surface area (Å²) in [5.74, 6) is 0.547. The molecule has 132 valence electrons. The fourth-order valence-electron chi connectivity index (χ4n) is 3.00. The van der Waals surface area contributed by atoms with Crippen molar-refractivity contribution < 1.29 is 14.1 Å². The first-order chi connectivity index (χ1) is 11.8. The normalized spacial score (nSPS) is 17.8. The molecule has 0 saturated carbocycles. The second-order valence-electron chi connectivity index (χ2n) is 7.00. The van der Waals surface area contributed by atoms with Crippen LogP contribution in [0.4, 0.5) is 5.69 Å². The van der Waals surface area contributed by atoms with E-state index in [0.29, 0.717) is 24.7 Å². The lowest BCUT2D eigenvalue weighted by atomic mass is 10.0. The first kappa shape index (κ1) is 17.1. The van der Waals surface area contributed by atoms with Crippen LogP contribution < -0.4 is 10.2 Å². The average Bonchev–Trinajstić information content (AvgIpc) is 3.14. The number of amides is 2. The highest BCUT2D eigenvalue weighted by atomic mass is 16.5. The van der Waals surface area contributed by atoms with E-state index in [4.69, 9.17) is 4.52 Å². The number of hydrogen-bond acceptors (Lipinski definition) is 5. The summed E-state index contributed by atoms with van der Waals surface area (Å²) in [5.41, 5.74) is 1.29. The molecule has 1 N–H and O–H groups in total. The molecule has 1 aromatic heterocycles. The lowest BCUT2D eigenvalue weighted by Crippen LogP contribution is -2.40. The van der Waals surface area contributed by atoms with Gasteiger partial charge in [0.15, 0.2) is 5.82 Å². The van der Waals surface area contributed by atoms with Crippen molar-refractivity contribution in [1.29, 1.82) is 0 Å². The Hall–Kier alpha value is -2.70. The zero-order valence-corrected chi connectivity index (χ0v) is 14.9.